The quantitative estimate of drug-likeness (QED) is 0.352. The summed E-state index contributed by atoms with van der Waals surface area (Å²) >= 11 is 0. The van der Waals surface area contributed by atoms with Crippen molar-refractivity contribution in [3.05, 3.63) is 12.2 Å². The summed E-state index contributed by atoms with van der Waals surface area (Å²) in [4.78, 5) is 13.7. The van der Waals surface area contributed by atoms with Crippen LogP contribution in [0.5, 0.6) is 0 Å². The van der Waals surface area contributed by atoms with Gasteiger partial charge in [0, 0.05) is 0 Å². The maximum absolute atomic E-state index is 11.7. The lowest BCUT2D eigenvalue weighted by Crippen LogP contribution is -2.43. The lowest BCUT2D eigenvalue weighted by molar-refractivity contribution is -0.118. The maximum Gasteiger partial charge on any atom is 0.244 e. The standard InChI is InChI=1S/C16H32N2O/c1-5-7-8-9-10-11-12-13-14-16(19)17-15(6-2)18(3)4/h13-15H,5-12H2,1-4H3,(H,17,19). The van der Waals surface area contributed by atoms with Crippen LogP contribution in [0.4, 0.5) is 0 Å². The first-order valence-electron chi connectivity index (χ1n) is 7.75. The molecule has 0 bridgehead atoms. The molecule has 0 heterocycles. The fourth-order valence-corrected chi connectivity index (χ4v) is 2.04. The van der Waals surface area contributed by atoms with Crippen LogP contribution in [0.3, 0.4) is 0 Å². The van der Waals surface area contributed by atoms with Gasteiger partial charge in [-0.1, -0.05) is 52.0 Å². The minimum Gasteiger partial charge on any atom is -0.337 e. The van der Waals surface area contributed by atoms with Crippen LogP contribution in [-0.2, 0) is 4.79 Å². The molecule has 1 N–H and O–H groups in total. The Bertz CT molecular complexity index is 249. The van der Waals surface area contributed by atoms with Crippen molar-refractivity contribution in [2.45, 2.75) is 71.4 Å². The molecule has 0 aromatic heterocycles. The number of rotatable bonds is 11. The van der Waals surface area contributed by atoms with Crippen molar-refractivity contribution in [1.29, 1.82) is 0 Å². The van der Waals surface area contributed by atoms with Crippen LogP contribution in [0.1, 0.15) is 65.2 Å². The zero-order chi connectivity index (χ0) is 14.5. The molecular weight excluding hydrogens is 236 g/mol. The first kappa shape index (κ1) is 18.2. The van der Waals surface area contributed by atoms with E-state index in [1.807, 2.05) is 25.1 Å². The van der Waals surface area contributed by atoms with Crippen LogP contribution in [0.25, 0.3) is 0 Å². The predicted octanol–water partition coefficient (Wildman–Crippen LogP) is 3.71. The monoisotopic (exact) mass is 268 g/mol. The highest BCUT2D eigenvalue weighted by Gasteiger charge is 2.09. The molecule has 0 aliphatic heterocycles. The molecule has 3 heteroatoms. The van der Waals surface area contributed by atoms with Crippen LogP contribution in [-0.4, -0.2) is 31.1 Å². The van der Waals surface area contributed by atoms with Crippen LogP contribution >= 0.6 is 0 Å². The summed E-state index contributed by atoms with van der Waals surface area (Å²) in [7, 11) is 3.96. The minimum absolute atomic E-state index is 0.0199. The Labute approximate surface area is 119 Å². The summed E-state index contributed by atoms with van der Waals surface area (Å²) in [5, 5.41) is 2.99. The average Bonchev–Trinajstić information content (AvgIpc) is 2.38. The molecule has 0 spiro atoms. The molecule has 0 aromatic rings. The number of carbonyl (C=O) groups is 1. The topological polar surface area (TPSA) is 32.3 Å². The molecule has 1 atom stereocenters. The molecule has 3 nitrogen and oxygen atoms in total. The molecule has 0 aromatic carbocycles. The maximum atomic E-state index is 11.7. The van der Waals surface area contributed by atoms with E-state index in [1.165, 1.54) is 38.5 Å². The third-order valence-electron chi connectivity index (χ3n) is 3.31. The number of unbranched alkanes of at least 4 members (excludes halogenated alkanes) is 6. The van der Waals surface area contributed by atoms with Crippen LogP contribution in [0.2, 0.25) is 0 Å². The van der Waals surface area contributed by atoms with E-state index in [1.54, 1.807) is 6.08 Å². The zero-order valence-electron chi connectivity index (χ0n) is 13.2. The molecule has 1 amide bonds. The summed E-state index contributed by atoms with van der Waals surface area (Å²) < 4.78 is 0. The highest BCUT2D eigenvalue weighted by atomic mass is 16.1. The van der Waals surface area contributed by atoms with E-state index in [-0.39, 0.29) is 12.1 Å². The molecule has 1 unspecified atom stereocenters. The Morgan fingerprint density at radius 2 is 1.74 bits per heavy atom. The van der Waals surface area contributed by atoms with Gasteiger partial charge >= 0.3 is 0 Å². The second-order valence-electron chi connectivity index (χ2n) is 5.36. The fraction of sp³-hybridized carbons (Fsp3) is 0.812. The molecule has 0 rings (SSSR count). The van der Waals surface area contributed by atoms with Crippen molar-refractivity contribution in [1.82, 2.24) is 10.2 Å². The number of hydrogen-bond acceptors (Lipinski definition) is 2. The highest BCUT2D eigenvalue weighted by molar-refractivity contribution is 5.87. The number of nitrogens with one attached hydrogen (secondary N) is 1. The molecule has 0 saturated heterocycles. The molecule has 0 aliphatic carbocycles. The van der Waals surface area contributed by atoms with Crippen molar-refractivity contribution in [2.24, 2.45) is 0 Å². The normalized spacial score (nSPS) is 13.1. The molecule has 0 fully saturated rings. The van der Waals surface area contributed by atoms with Gasteiger partial charge in [0.05, 0.1) is 6.17 Å². The largest absolute Gasteiger partial charge is 0.337 e. The van der Waals surface area contributed by atoms with E-state index in [0.717, 1.165) is 12.8 Å². The number of nitrogens with zero attached hydrogens (tertiary/aromatic N) is 1. The lowest BCUT2D eigenvalue weighted by Gasteiger charge is -2.23. The van der Waals surface area contributed by atoms with E-state index in [4.69, 9.17) is 0 Å². The Hall–Kier alpha value is -0.830. The summed E-state index contributed by atoms with van der Waals surface area (Å²) in [5.74, 6) is 0.0199. The van der Waals surface area contributed by atoms with Gasteiger partial charge in [-0.15, -0.1) is 0 Å². The van der Waals surface area contributed by atoms with E-state index in [0.29, 0.717) is 0 Å². The first-order chi connectivity index (χ1) is 9.11. The van der Waals surface area contributed by atoms with Gasteiger partial charge in [0.15, 0.2) is 0 Å². The van der Waals surface area contributed by atoms with E-state index < -0.39 is 0 Å². The number of hydrogen-bond donors (Lipinski definition) is 1. The number of allylic oxidation sites excluding steroid dienone is 1. The van der Waals surface area contributed by atoms with Gasteiger partial charge < -0.3 is 5.32 Å². The molecule has 19 heavy (non-hydrogen) atoms. The van der Waals surface area contributed by atoms with Crippen molar-refractivity contribution in [2.75, 3.05) is 14.1 Å². The number of carbonyl (C=O) groups excluding carboxylic acids is 1. The lowest BCUT2D eigenvalue weighted by atomic mass is 10.1. The highest BCUT2D eigenvalue weighted by Crippen LogP contribution is 2.07. The van der Waals surface area contributed by atoms with Crippen molar-refractivity contribution < 1.29 is 4.79 Å². The summed E-state index contributed by atoms with van der Waals surface area (Å²) in [6.07, 6.45) is 13.5. The average molecular weight is 268 g/mol. The Balaban J connectivity index is 3.62. The Kier molecular flexibility index (Phi) is 11.7. The van der Waals surface area contributed by atoms with Gasteiger partial charge in [-0.05, 0) is 39.4 Å². The molecule has 0 aliphatic rings. The summed E-state index contributed by atoms with van der Waals surface area (Å²) in [5.41, 5.74) is 0. The summed E-state index contributed by atoms with van der Waals surface area (Å²) in [6.45, 7) is 4.31. The van der Waals surface area contributed by atoms with Crippen LogP contribution < -0.4 is 5.32 Å². The molecule has 0 radical (unpaired) electrons. The summed E-state index contributed by atoms with van der Waals surface area (Å²) in [6, 6.07) is 0. The van der Waals surface area contributed by atoms with Crippen LogP contribution in [0.15, 0.2) is 12.2 Å². The molecule has 0 saturated carbocycles. The molecular formula is C16H32N2O. The van der Waals surface area contributed by atoms with Gasteiger partial charge in [-0.3, -0.25) is 9.69 Å². The zero-order valence-corrected chi connectivity index (χ0v) is 13.2. The van der Waals surface area contributed by atoms with Gasteiger partial charge in [0.25, 0.3) is 0 Å². The van der Waals surface area contributed by atoms with E-state index in [2.05, 4.69) is 19.2 Å². The van der Waals surface area contributed by atoms with Crippen LogP contribution in [0, 0.1) is 0 Å². The fourth-order valence-electron chi connectivity index (χ4n) is 2.04. The van der Waals surface area contributed by atoms with Gasteiger partial charge in [-0.2, -0.15) is 0 Å². The van der Waals surface area contributed by atoms with Gasteiger partial charge in [-0.25, -0.2) is 0 Å². The minimum atomic E-state index is 0.0199. The first-order valence-corrected chi connectivity index (χ1v) is 7.75. The Morgan fingerprint density at radius 1 is 1.11 bits per heavy atom. The van der Waals surface area contributed by atoms with Crippen molar-refractivity contribution in [3.63, 3.8) is 0 Å². The smallest absolute Gasteiger partial charge is 0.244 e. The Morgan fingerprint density at radius 3 is 2.32 bits per heavy atom. The SMILES string of the molecule is CCCCCCCCC=CC(=O)NC(CC)N(C)C. The van der Waals surface area contributed by atoms with Gasteiger partial charge in [0.2, 0.25) is 5.91 Å². The van der Waals surface area contributed by atoms with Gasteiger partial charge in [0.1, 0.15) is 0 Å². The number of amides is 1. The molecule has 112 valence electrons. The second kappa shape index (κ2) is 12.2. The second-order valence-corrected chi connectivity index (χ2v) is 5.36. The van der Waals surface area contributed by atoms with Crippen molar-refractivity contribution in [3.8, 4) is 0 Å². The third kappa shape index (κ3) is 10.8. The van der Waals surface area contributed by atoms with E-state index >= 15 is 0 Å². The van der Waals surface area contributed by atoms with Crippen molar-refractivity contribution >= 4 is 5.91 Å². The van der Waals surface area contributed by atoms with E-state index in [9.17, 15) is 4.79 Å². The predicted molar refractivity (Wildman–Crippen MR) is 83.0 cm³/mol. The third-order valence-corrected chi connectivity index (χ3v) is 3.31.